The maximum Gasteiger partial charge on any atom is 0.256 e. The number of hydrogen-bond donors (Lipinski definition) is 3. The molecule has 1 aromatic heterocycles. The molecule has 0 unspecified atom stereocenters. The lowest BCUT2D eigenvalue weighted by molar-refractivity contribution is -0.140. The molecule has 3 N–H and O–H groups in total. The Morgan fingerprint density at radius 3 is 2.58 bits per heavy atom. The average molecular weight is 495 g/mol. The number of amides is 3. The van der Waals surface area contributed by atoms with Crippen LogP contribution < -0.4 is 10.6 Å². The molecule has 36 heavy (non-hydrogen) atoms. The van der Waals surface area contributed by atoms with E-state index in [-0.39, 0.29) is 29.7 Å². The molecule has 0 spiro atoms. The van der Waals surface area contributed by atoms with Crippen molar-refractivity contribution in [2.75, 3.05) is 31.6 Å². The summed E-state index contributed by atoms with van der Waals surface area (Å²) in [7, 11) is 0. The quantitative estimate of drug-likeness (QED) is 0.567. The molecule has 3 heterocycles. The SMILES string of the molecule is Cc1[nH]c(/C=C2\C(=O)Nc3ccc(F)cc32)c(C)c1C(=O)N[C@H]1CC[C@@H](C(=O)N2CCOCC2)CC1. The number of nitrogens with zero attached hydrogens (tertiary/aromatic N) is 1. The van der Waals surface area contributed by atoms with Crippen LogP contribution in [0, 0.1) is 25.6 Å². The van der Waals surface area contributed by atoms with Gasteiger partial charge in [0.2, 0.25) is 5.91 Å². The van der Waals surface area contributed by atoms with E-state index in [1.165, 1.54) is 12.1 Å². The van der Waals surface area contributed by atoms with Crippen molar-refractivity contribution in [3.63, 3.8) is 0 Å². The number of benzene rings is 1. The molecule has 3 aliphatic rings. The summed E-state index contributed by atoms with van der Waals surface area (Å²) in [5.74, 6) is -0.684. The van der Waals surface area contributed by atoms with E-state index >= 15 is 0 Å². The van der Waals surface area contributed by atoms with Gasteiger partial charge in [0.15, 0.2) is 0 Å². The van der Waals surface area contributed by atoms with E-state index in [4.69, 9.17) is 4.74 Å². The maximum absolute atomic E-state index is 13.8. The van der Waals surface area contributed by atoms with Gasteiger partial charge in [0.1, 0.15) is 5.82 Å². The smallest absolute Gasteiger partial charge is 0.256 e. The number of morpholine rings is 1. The molecule has 5 rings (SSSR count). The molecule has 1 saturated heterocycles. The van der Waals surface area contributed by atoms with Crippen LogP contribution in [0.3, 0.4) is 0 Å². The third-order valence-corrected chi connectivity index (χ3v) is 7.49. The number of aryl methyl sites for hydroxylation is 1. The van der Waals surface area contributed by atoms with Crippen LogP contribution in [0.5, 0.6) is 0 Å². The van der Waals surface area contributed by atoms with Gasteiger partial charge in [0, 0.05) is 47.7 Å². The summed E-state index contributed by atoms with van der Waals surface area (Å²) in [6, 6.07) is 4.19. The van der Waals surface area contributed by atoms with Gasteiger partial charge in [-0.3, -0.25) is 14.4 Å². The van der Waals surface area contributed by atoms with Crippen molar-refractivity contribution < 1.29 is 23.5 Å². The number of carbonyl (C=O) groups is 3. The highest BCUT2D eigenvalue weighted by molar-refractivity contribution is 6.34. The molecule has 0 bridgehead atoms. The number of aromatic nitrogens is 1. The molecule has 190 valence electrons. The lowest BCUT2D eigenvalue weighted by atomic mass is 9.85. The van der Waals surface area contributed by atoms with Gasteiger partial charge in [-0.1, -0.05) is 0 Å². The average Bonchev–Trinajstić information content (AvgIpc) is 3.33. The molecule has 1 aromatic carbocycles. The van der Waals surface area contributed by atoms with Gasteiger partial charge in [0.05, 0.1) is 24.4 Å². The van der Waals surface area contributed by atoms with Crippen LogP contribution in [-0.2, 0) is 14.3 Å². The van der Waals surface area contributed by atoms with Gasteiger partial charge in [-0.25, -0.2) is 4.39 Å². The largest absolute Gasteiger partial charge is 0.378 e. The number of halogens is 1. The molecule has 2 fully saturated rings. The number of ether oxygens (including phenoxy) is 1. The highest BCUT2D eigenvalue weighted by Gasteiger charge is 2.32. The van der Waals surface area contributed by atoms with E-state index in [0.29, 0.717) is 60.1 Å². The Kier molecular flexibility index (Phi) is 6.66. The first-order valence-electron chi connectivity index (χ1n) is 12.5. The van der Waals surface area contributed by atoms with Crippen molar-refractivity contribution in [1.82, 2.24) is 15.2 Å². The summed E-state index contributed by atoms with van der Waals surface area (Å²) in [6.45, 7) is 6.16. The van der Waals surface area contributed by atoms with E-state index in [2.05, 4.69) is 15.6 Å². The minimum absolute atomic E-state index is 0.00971. The minimum atomic E-state index is -0.419. The summed E-state index contributed by atoms with van der Waals surface area (Å²) in [4.78, 5) is 43.6. The number of aromatic amines is 1. The molecular formula is C27H31FN4O4. The lowest BCUT2D eigenvalue weighted by Crippen LogP contribution is -2.46. The number of rotatable bonds is 4. The molecule has 2 aromatic rings. The fourth-order valence-electron chi connectivity index (χ4n) is 5.49. The van der Waals surface area contributed by atoms with Crippen LogP contribution in [0.15, 0.2) is 18.2 Å². The Labute approximate surface area is 209 Å². The first-order valence-corrected chi connectivity index (χ1v) is 12.5. The molecule has 9 heteroatoms. The number of H-pyrrole nitrogens is 1. The van der Waals surface area contributed by atoms with Crippen molar-refractivity contribution in [3.8, 4) is 0 Å². The Balaban J connectivity index is 1.25. The Morgan fingerprint density at radius 2 is 1.86 bits per heavy atom. The number of hydrogen-bond acceptors (Lipinski definition) is 4. The van der Waals surface area contributed by atoms with Crippen LogP contribution in [0.2, 0.25) is 0 Å². The summed E-state index contributed by atoms with van der Waals surface area (Å²) in [6.07, 6.45) is 4.70. The Morgan fingerprint density at radius 1 is 1.14 bits per heavy atom. The molecular weight excluding hydrogens is 463 g/mol. The van der Waals surface area contributed by atoms with Crippen molar-refractivity contribution in [2.24, 2.45) is 5.92 Å². The number of anilines is 1. The van der Waals surface area contributed by atoms with Crippen molar-refractivity contribution in [3.05, 3.63) is 52.1 Å². The number of fused-ring (bicyclic) bond motifs is 1. The van der Waals surface area contributed by atoms with E-state index in [0.717, 1.165) is 31.2 Å². The summed E-state index contributed by atoms with van der Waals surface area (Å²) in [5.41, 5.74) is 4.03. The van der Waals surface area contributed by atoms with Gasteiger partial charge >= 0.3 is 0 Å². The van der Waals surface area contributed by atoms with Gasteiger partial charge in [0.25, 0.3) is 11.8 Å². The van der Waals surface area contributed by atoms with Crippen LogP contribution in [0.25, 0.3) is 11.6 Å². The molecule has 1 aliphatic carbocycles. The molecule has 8 nitrogen and oxygen atoms in total. The predicted octanol–water partition coefficient (Wildman–Crippen LogP) is 3.41. The zero-order valence-electron chi connectivity index (χ0n) is 20.6. The fourth-order valence-corrected chi connectivity index (χ4v) is 5.49. The fraction of sp³-hybridized carbons (Fsp3) is 0.444. The van der Waals surface area contributed by atoms with Gasteiger partial charge in [-0.15, -0.1) is 0 Å². The second-order valence-corrected chi connectivity index (χ2v) is 9.83. The highest BCUT2D eigenvalue weighted by atomic mass is 19.1. The van der Waals surface area contributed by atoms with Crippen molar-refractivity contribution >= 4 is 35.1 Å². The molecule has 3 amide bonds. The van der Waals surface area contributed by atoms with Gasteiger partial charge in [-0.2, -0.15) is 0 Å². The zero-order chi connectivity index (χ0) is 25.4. The van der Waals surface area contributed by atoms with E-state index in [1.807, 2.05) is 18.7 Å². The Bertz CT molecular complexity index is 1240. The normalized spacial score (nSPS) is 22.9. The standard InChI is InChI=1S/C27H31FN4O4/c1-15-23(14-21-20-13-18(28)5-8-22(20)31-25(21)33)29-16(2)24(15)26(34)30-19-6-3-17(4-7-19)27(35)32-9-11-36-12-10-32/h5,8,13-14,17,19,29H,3-4,6-7,9-12H2,1-2H3,(H,30,34)(H,31,33)/b21-14-/t17-,19+. The van der Waals surface area contributed by atoms with Crippen LogP contribution in [0.4, 0.5) is 10.1 Å². The van der Waals surface area contributed by atoms with Crippen LogP contribution >= 0.6 is 0 Å². The van der Waals surface area contributed by atoms with Gasteiger partial charge < -0.3 is 25.3 Å². The first kappa shape index (κ1) is 24.2. The third-order valence-electron chi connectivity index (χ3n) is 7.49. The summed E-state index contributed by atoms with van der Waals surface area (Å²) >= 11 is 0. The van der Waals surface area contributed by atoms with Crippen LogP contribution in [0.1, 0.15) is 58.6 Å². The molecule has 0 radical (unpaired) electrons. The molecule has 0 atom stereocenters. The lowest BCUT2D eigenvalue weighted by Gasteiger charge is -2.34. The number of carbonyl (C=O) groups excluding carboxylic acids is 3. The van der Waals surface area contributed by atoms with Crippen LogP contribution in [-0.4, -0.2) is 60.0 Å². The minimum Gasteiger partial charge on any atom is -0.378 e. The summed E-state index contributed by atoms with van der Waals surface area (Å²) in [5, 5.41) is 5.89. The summed E-state index contributed by atoms with van der Waals surface area (Å²) < 4.78 is 19.1. The highest BCUT2D eigenvalue weighted by Crippen LogP contribution is 2.34. The molecule has 2 aliphatic heterocycles. The van der Waals surface area contributed by atoms with Gasteiger partial charge in [-0.05, 0) is 69.4 Å². The predicted molar refractivity (Wildman–Crippen MR) is 134 cm³/mol. The molecule has 1 saturated carbocycles. The Hall–Kier alpha value is -3.46. The first-order chi connectivity index (χ1) is 17.3. The van der Waals surface area contributed by atoms with Crippen molar-refractivity contribution in [1.29, 1.82) is 0 Å². The topological polar surface area (TPSA) is 104 Å². The monoisotopic (exact) mass is 494 g/mol. The number of nitrogens with one attached hydrogen (secondary N) is 3. The second kappa shape index (κ2) is 9.89. The van der Waals surface area contributed by atoms with E-state index in [9.17, 15) is 18.8 Å². The van der Waals surface area contributed by atoms with Crippen molar-refractivity contribution in [2.45, 2.75) is 45.6 Å². The maximum atomic E-state index is 13.8. The van der Waals surface area contributed by atoms with E-state index in [1.54, 1.807) is 12.1 Å². The second-order valence-electron chi connectivity index (χ2n) is 9.83. The third kappa shape index (κ3) is 4.67. The zero-order valence-corrected chi connectivity index (χ0v) is 20.6. The van der Waals surface area contributed by atoms with E-state index < -0.39 is 5.82 Å².